The number of amides is 1. The molecule has 1 amide bonds. The molecule has 78 heavy (non-hydrogen) atoms. The molecule has 0 saturated heterocycles. The van der Waals surface area contributed by atoms with Crippen LogP contribution >= 0.6 is 0 Å². The number of aliphatic hydroxyl groups excluding tert-OH is 2. The second-order valence-corrected chi connectivity index (χ2v) is 23.2. The van der Waals surface area contributed by atoms with Gasteiger partial charge < -0.3 is 15.5 Å². The second-order valence-electron chi connectivity index (χ2n) is 23.2. The number of carbonyl (C=O) groups excluding carboxylic acids is 1. The van der Waals surface area contributed by atoms with Gasteiger partial charge in [-0.3, -0.25) is 4.79 Å². The molecule has 0 spiro atoms. The smallest absolute Gasteiger partial charge is 0.220 e. The molecular weight excluding hydrogens is 951 g/mol. The molecule has 0 aliphatic heterocycles. The summed E-state index contributed by atoms with van der Waals surface area (Å²) in [5.74, 6) is -0.0695. The van der Waals surface area contributed by atoms with Crippen LogP contribution in [-0.2, 0) is 4.79 Å². The van der Waals surface area contributed by atoms with Gasteiger partial charge in [0.25, 0.3) is 0 Å². The third-order valence-corrected chi connectivity index (χ3v) is 15.6. The van der Waals surface area contributed by atoms with E-state index in [0.29, 0.717) is 6.42 Å². The van der Waals surface area contributed by atoms with Crippen molar-refractivity contribution in [2.24, 2.45) is 0 Å². The summed E-state index contributed by atoms with van der Waals surface area (Å²) in [6.07, 6.45) is 102. The summed E-state index contributed by atoms with van der Waals surface area (Å²) >= 11 is 0. The van der Waals surface area contributed by atoms with E-state index < -0.39 is 12.1 Å². The van der Waals surface area contributed by atoms with Crippen molar-refractivity contribution >= 4 is 5.91 Å². The number of rotatable bonds is 63. The van der Waals surface area contributed by atoms with Crippen molar-refractivity contribution in [3.05, 3.63) is 97.2 Å². The molecule has 0 aliphatic rings. The first kappa shape index (κ1) is 75.3. The van der Waals surface area contributed by atoms with Crippen LogP contribution in [0, 0.1) is 0 Å². The van der Waals surface area contributed by atoms with Crippen LogP contribution in [0.15, 0.2) is 97.2 Å². The summed E-state index contributed by atoms with van der Waals surface area (Å²) in [6.45, 7) is 4.21. The Bertz CT molecular complexity index is 1420. The van der Waals surface area contributed by atoms with Crippen molar-refractivity contribution < 1.29 is 15.0 Å². The summed E-state index contributed by atoms with van der Waals surface area (Å²) in [5.41, 5.74) is 0. The van der Waals surface area contributed by atoms with Gasteiger partial charge in [0.1, 0.15) is 0 Å². The molecule has 4 nitrogen and oxygen atoms in total. The predicted molar refractivity (Wildman–Crippen MR) is 350 cm³/mol. The molecule has 3 N–H and O–H groups in total. The number of nitrogens with one attached hydrogen (secondary N) is 1. The van der Waals surface area contributed by atoms with Gasteiger partial charge in [-0.05, 0) is 83.5 Å². The molecule has 0 fully saturated rings. The number of hydrogen-bond acceptors (Lipinski definition) is 3. The van der Waals surface area contributed by atoms with Crippen LogP contribution in [0.25, 0.3) is 0 Å². The Morgan fingerprint density at radius 1 is 0.321 bits per heavy atom. The summed E-state index contributed by atoms with van der Waals surface area (Å²) < 4.78 is 0. The van der Waals surface area contributed by atoms with E-state index in [1.54, 1.807) is 6.08 Å². The lowest BCUT2D eigenvalue weighted by atomic mass is 10.0. The van der Waals surface area contributed by atoms with Crippen molar-refractivity contribution in [2.75, 3.05) is 6.61 Å². The Hall–Kier alpha value is -2.69. The monoisotopic (exact) mass is 1080 g/mol. The summed E-state index contributed by atoms with van der Waals surface area (Å²) in [4.78, 5) is 12.5. The SMILES string of the molecule is CC/C=C\C/C=C\C/C=C\C/C=C\C/C=C\C/C=C\CCCCCCCCCCCCCCCCCCCCCCCCC(=O)NC(CO)C(O)/C=C/CC/C=C/CCCCCCCCCCCCCCCCCCCCC. The van der Waals surface area contributed by atoms with Crippen molar-refractivity contribution in [3.63, 3.8) is 0 Å². The van der Waals surface area contributed by atoms with Crippen molar-refractivity contribution in [1.29, 1.82) is 0 Å². The average Bonchev–Trinajstić information content (AvgIpc) is 3.44. The number of allylic oxidation sites excluding steroid dienone is 15. The third-order valence-electron chi connectivity index (χ3n) is 15.6. The maximum Gasteiger partial charge on any atom is 0.220 e. The van der Waals surface area contributed by atoms with Gasteiger partial charge in [-0.25, -0.2) is 0 Å². The zero-order chi connectivity index (χ0) is 56.2. The predicted octanol–water partition coefficient (Wildman–Crippen LogP) is 23.6. The molecule has 4 heteroatoms. The van der Waals surface area contributed by atoms with E-state index in [1.807, 2.05) is 6.08 Å². The highest BCUT2D eigenvalue weighted by Crippen LogP contribution is 2.18. The standard InChI is InChI=1S/C74H133NO3/c1-3-5-7-9-11-13-15-17-19-21-23-25-27-29-30-31-32-33-34-35-36-37-38-39-40-41-42-43-44-46-48-50-52-54-56-58-60-62-64-66-68-70-74(78)75-72(71-76)73(77)69-67-65-63-61-59-57-55-53-51-49-47-45-28-26-24-22-20-18-16-14-12-10-8-6-4-2/h5,7,11,13,17,19,23,25,29-30,32-33,59,61,67,69,72-73,76-77H,3-4,6,8-10,12,14-16,18,20-22,24,26-28,31,34-58,60,62-66,68,70-71H2,1-2H3,(H,75,78)/b7-5-,13-11-,19-17-,25-23-,30-29-,33-32-,61-59+,69-67+. The molecule has 0 aliphatic carbocycles. The Labute approximate surface area is 487 Å². The molecule has 0 bridgehead atoms. The normalized spacial score (nSPS) is 13.3. The summed E-state index contributed by atoms with van der Waals surface area (Å²) in [6, 6.07) is -0.643. The lowest BCUT2D eigenvalue weighted by Gasteiger charge is -2.19. The number of aliphatic hydroxyl groups is 2. The summed E-state index contributed by atoms with van der Waals surface area (Å²) in [5, 5.41) is 23.3. The lowest BCUT2D eigenvalue weighted by molar-refractivity contribution is -0.123. The number of carbonyl (C=O) groups is 1. The van der Waals surface area contributed by atoms with E-state index in [0.717, 1.165) is 70.6 Å². The topological polar surface area (TPSA) is 69.6 Å². The van der Waals surface area contributed by atoms with Gasteiger partial charge in [0, 0.05) is 6.42 Å². The molecule has 0 aromatic rings. The van der Waals surface area contributed by atoms with Gasteiger partial charge >= 0.3 is 0 Å². The van der Waals surface area contributed by atoms with E-state index in [9.17, 15) is 15.0 Å². The van der Waals surface area contributed by atoms with Crippen molar-refractivity contribution in [3.8, 4) is 0 Å². The minimum Gasteiger partial charge on any atom is -0.394 e. The molecule has 0 aromatic heterocycles. The van der Waals surface area contributed by atoms with Crippen LogP contribution in [0.4, 0.5) is 0 Å². The van der Waals surface area contributed by atoms with Crippen molar-refractivity contribution in [1.82, 2.24) is 5.32 Å². The Morgan fingerprint density at radius 2 is 0.577 bits per heavy atom. The molecule has 0 rings (SSSR count). The van der Waals surface area contributed by atoms with Gasteiger partial charge in [-0.2, -0.15) is 0 Å². The fourth-order valence-electron chi connectivity index (χ4n) is 10.4. The maximum atomic E-state index is 12.5. The van der Waals surface area contributed by atoms with E-state index in [-0.39, 0.29) is 12.5 Å². The largest absolute Gasteiger partial charge is 0.394 e. The average molecular weight is 1080 g/mol. The van der Waals surface area contributed by atoms with Crippen LogP contribution in [0.5, 0.6) is 0 Å². The first-order chi connectivity index (χ1) is 38.7. The van der Waals surface area contributed by atoms with Crippen LogP contribution in [-0.4, -0.2) is 34.9 Å². The molecule has 0 saturated carbocycles. The number of hydrogen-bond donors (Lipinski definition) is 3. The van der Waals surface area contributed by atoms with Crippen LogP contribution in [0.2, 0.25) is 0 Å². The van der Waals surface area contributed by atoms with Gasteiger partial charge in [-0.15, -0.1) is 0 Å². The highest BCUT2D eigenvalue weighted by molar-refractivity contribution is 5.76. The molecule has 0 heterocycles. The number of unbranched alkanes of at least 4 members (excludes halogenated alkanes) is 42. The molecule has 0 radical (unpaired) electrons. The van der Waals surface area contributed by atoms with Crippen LogP contribution in [0.1, 0.15) is 348 Å². The lowest BCUT2D eigenvalue weighted by Crippen LogP contribution is -2.45. The fourth-order valence-corrected chi connectivity index (χ4v) is 10.4. The molecule has 2 atom stereocenters. The van der Waals surface area contributed by atoms with Gasteiger partial charge in [-0.1, -0.05) is 355 Å². The zero-order valence-electron chi connectivity index (χ0n) is 52.2. The van der Waals surface area contributed by atoms with E-state index in [4.69, 9.17) is 0 Å². The van der Waals surface area contributed by atoms with E-state index in [1.165, 1.54) is 257 Å². The van der Waals surface area contributed by atoms with Crippen LogP contribution in [0.3, 0.4) is 0 Å². The molecule has 452 valence electrons. The van der Waals surface area contributed by atoms with E-state index in [2.05, 4.69) is 104 Å². The van der Waals surface area contributed by atoms with Gasteiger partial charge in [0.05, 0.1) is 18.8 Å². The highest BCUT2D eigenvalue weighted by atomic mass is 16.3. The zero-order valence-corrected chi connectivity index (χ0v) is 52.2. The minimum atomic E-state index is -0.866. The van der Waals surface area contributed by atoms with Crippen molar-refractivity contribution in [2.45, 2.75) is 360 Å². The minimum absolute atomic E-state index is 0.0695. The quantitative estimate of drug-likeness (QED) is 0.0420. The highest BCUT2D eigenvalue weighted by Gasteiger charge is 2.18. The maximum absolute atomic E-state index is 12.5. The summed E-state index contributed by atoms with van der Waals surface area (Å²) in [7, 11) is 0. The Balaban J connectivity index is 3.47. The second kappa shape index (κ2) is 68.6. The fraction of sp³-hybridized carbons (Fsp3) is 0.770. The first-order valence-corrected chi connectivity index (χ1v) is 34.5. The molecular formula is C74H133NO3. The first-order valence-electron chi connectivity index (χ1n) is 34.5. The van der Waals surface area contributed by atoms with E-state index >= 15 is 0 Å². The molecule has 0 aromatic carbocycles. The van der Waals surface area contributed by atoms with Gasteiger partial charge in [0.2, 0.25) is 5.91 Å². The molecule has 2 unspecified atom stereocenters. The third kappa shape index (κ3) is 64.1. The van der Waals surface area contributed by atoms with Crippen LogP contribution < -0.4 is 5.32 Å². The van der Waals surface area contributed by atoms with Gasteiger partial charge in [0.15, 0.2) is 0 Å². The Morgan fingerprint density at radius 3 is 0.897 bits per heavy atom. The Kier molecular flexibility index (Phi) is 66.2.